The van der Waals surface area contributed by atoms with Gasteiger partial charge in [0.2, 0.25) is 11.8 Å². The van der Waals surface area contributed by atoms with Crippen molar-refractivity contribution in [1.82, 2.24) is 9.80 Å². The molecular formula is C23H34N2O6. The normalized spacial score (nSPS) is 32.5. The van der Waals surface area contributed by atoms with Crippen LogP contribution in [0.4, 0.5) is 0 Å². The number of hydrogen-bond donors (Lipinski definition) is 1. The minimum Gasteiger partial charge on any atom is -0.461 e. The second-order valence-electron chi connectivity index (χ2n) is 9.66. The van der Waals surface area contributed by atoms with Crippen LogP contribution < -0.4 is 0 Å². The van der Waals surface area contributed by atoms with Crippen LogP contribution in [0.15, 0.2) is 25.3 Å². The van der Waals surface area contributed by atoms with Crippen molar-refractivity contribution in [3.05, 3.63) is 25.3 Å². The van der Waals surface area contributed by atoms with Crippen LogP contribution in [0.2, 0.25) is 0 Å². The second-order valence-corrected chi connectivity index (χ2v) is 9.66. The lowest BCUT2D eigenvalue weighted by Crippen LogP contribution is -2.61. The first-order chi connectivity index (χ1) is 14.5. The van der Waals surface area contributed by atoms with E-state index < -0.39 is 47.1 Å². The molecule has 3 aliphatic heterocycles. The van der Waals surface area contributed by atoms with E-state index in [9.17, 15) is 19.5 Å². The van der Waals surface area contributed by atoms with Crippen LogP contribution in [0, 0.1) is 11.8 Å². The van der Waals surface area contributed by atoms with Gasteiger partial charge in [-0.3, -0.25) is 14.4 Å². The molecule has 3 aliphatic rings. The molecule has 3 fully saturated rings. The van der Waals surface area contributed by atoms with Gasteiger partial charge in [0.1, 0.15) is 18.2 Å². The Morgan fingerprint density at radius 3 is 2.61 bits per heavy atom. The second kappa shape index (κ2) is 8.39. The molecule has 0 aromatic rings. The number of nitrogens with zero attached hydrogens (tertiary/aromatic N) is 2. The van der Waals surface area contributed by atoms with Gasteiger partial charge in [-0.25, -0.2) is 0 Å². The summed E-state index contributed by atoms with van der Waals surface area (Å²) in [5.41, 5.74) is -1.62. The zero-order chi connectivity index (χ0) is 23.1. The van der Waals surface area contributed by atoms with Gasteiger partial charge in [-0.1, -0.05) is 18.7 Å². The zero-order valence-electron chi connectivity index (χ0n) is 18.9. The highest BCUT2D eigenvalue weighted by Crippen LogP contribution is 2.59. The number of esters is 1. The molecule has 0 aromatic carbocycles. The van der Waals surface area contributed by atoms with E-state index in [0.717, 1.165) is 0 Å². The summed E-state index contributed by atoms with van der Waals surface area (Å²) in [6, 6.07) is -1.52. The van der Waals surface area contributed by atoms with E-state index in [1.54, 1.807) is 17.9 Å². The number of aliphatic hydroxyl groups excluding tert-OH is 1. The Hall–Kier alpha value is -2.19. The molecule has 2 bridgehead atoms. The molecule has 2 amide bonds. The Kier molecular flexibility index (Phi) is 6.35. The molecule has 1 N–H and O–H groups in total. The fourth-order valence-electron chi connectivity index (χ4n) is 5.41. The molecule has 172 valence electrons. The van der Waals surface area contributed by atoms with Crippen molar-refractivity contribution < 1.29 is 29.0 Å². The number of fused-ring (bicyclic) bond motifs is 1. The van der Waals surface area contributed by atoms with E-state index in [0.29, 0.717) is 19.4 Å². The van der Waals surface area contributed by atoms with Crippen molar-refractivity contribution in [3.8, 4) is 0 Å². The Morgan fingerprint density at radius 1 is 1.39 bits per heavy atom. The van der Waals surface area contributed by atoms with Gasteiger partial charge < -0.3 is 24.4 Å². The average Bonchev–Trinajstić information content (AvgIpc) is 3.35. The third-order valence-electron chi connectivity index (χ3n) is 6.71. The largest absolute Gasteiger partial charge is 0.461 e. The Balaban J connectivity index is 2.07. The van der Waals surface area contributed by atoms with Crippen molar-refractivity contribution in [3.63, 3.8) is 0 Å². The molecular weight excluding hydrogens is 400 g/mol. The minimum absolute atomic E-state index is 0.0478. The molecule has 31 heavy (non-hydrogen) atoms. The fourth-order valence-corrected chi connectivity index (χ4v) is 5.41. The first kappa shape index (κ1) is 23.5. The highest BCUT2D eigenvalue weighted by atomic mass is 16.6. The smallest absolute Gasteiger partial charge is 0.312 e. The molecule has 6 atom stereocenters. The maximum absolute atomic E-state index is 13.9. The van der Waals surface area contributed by atoms with Crippen LogP contribution >= 0.6 is 0 Å². The number of rotatable bonds is 8. The highest BCUT2D eigenvalue weighted by Gasteiger charge is 2.75. The lowest BCUT2D eigenvalue weighted by atomic mass is 9.70. The molecule has 8 heteroatoms. The monoisotopic (exact) mass is 434 g/mol. The zero-order valence-corrected chi connectivity index (χ0v) is 18.9. The van der Waals surface area contributed by atoms with Crippen molar-refractivity contribution in [2.75, 3.05) is 19.8 Å². The molecule has 0 aliphatic carbocycles. The van der Waals surface area contributed by atoms with E-state index in [2.05, 4.69) is 13.2 Å². The van der Waals surface area contributed by atoms with E-state index in [1.807, 2.05) is 20.8 Å². The predicted octanol–water partition coefficient (Wildman–Crippen LogP) is 1.28. The molecule has 0 radical (unpaired) electrons. The van der Waals surface area contributed by atoms with Gasteiger partial charge in [-0.2, -0.15) is 0 Å². The number of carbonyl (C=O) groups is 3. The summed E-state index contributed by atoms with van der Waals surface area (Å²) < 4.78 is 11.6. The highest BCUT2D eigenvalue weighted by molar-refractivity contribution is 5.98. The number of carbonyl (C=O) groups excluding carboxylic acids is 3. The van der Waals surface area contributed by atoms with Gasteiger partial charge in [0.05, 0.1) is 30.6 Å². The SMILES string of the molecule is C=CCOC(=O)[C@@H]1[C@H]2C(=O)N([C@H](C)CO)C(C(=O)N(CC=C)C(C)(C)C)C23CC[C@H]1O3. The average molecular weight is 435 g/mol. The van der Waals surface area contributed by atoms with Gasteiger partial charge in [-0.05, 0) is 40.5 Å². The lowest BCUT2D eigenvalue weighted by molar-refractivity contribution is -0.156. The summed E-state index contributed by atoms with van der Waals surface area (Å²) in [7, 11) is 0. The number of amides is 2. The molecule has 0 aromatic heterocycles. The molecule has 0 saturated carbocycles. The lowest BCUT2D eigenvalue weighted by Gasteiger charge is -2.43. The first-order valence-electron chi connectivity index (χ1n) is 10.9. The molecule has 1 spiro atoms. The summed E-state index contributed by atoms with van der Waals surface area (Å²) in [4.78, 5) is 43.5. The summed E-state index contributed by atoms with van der Waals surface area (Å²) in [6.45, 7) is 14.8. The van der Waals surface area contributed by atoms with Gasteiger partial charge in [0, 0.05) is 12.1 Å². The Bertz CT molecular complexity index is 775. The van der Waals surface area contributed by atoms with Crippen LogP contribution in [-0.2, 0) is 23.9 Å². The number of likely N-dealkylation sites (tertiary alicyclic amines) is 1. The van der Waals surface area contributed by atoms with Gasteiger partial charge in [-0.15, -0.1) is 6.58 Å². The van der Waals surface area contributed by atoms with Crippen molar-refractivity contribution in [2.45, 2.75) is 69.9 Å². The van der Waals surface area contributed by atoms with Crippen LogP contribution in [-0.4, -0.2) is 81.8 Å². The van der Waals surface area contributed by atoms with Crippen LogP contribution in [0.1, 0.15) is 40.5 Å². The third-order valence-corrected chi connectivity index (χ3v) is 6.71. The van der Waals surface area contributed by atoms with Crippen LogP contribution in [0.25, 0.3) is 0 Å². The molecule has 3 saturated heterocycles. The van der Waals surface area contributed by atoms with Crippen LogP contribution in [0.3, 0.4) is 0 Å². The number of ether oxygens (including phenoxy) is 2. The van der Waals surface area contributed by atoms with Crippen molar-refractivity contribution >= 4 is 17.8 Å². The Morgan fingerprint density at radius 2 is 2.06 bits per heavy atom. The molecule has 3 rings (SSSR count). The van der Waals surface area contributed by atoms with E-state index in [-0.39, 0.29) is 25.0 Å². The topological polar surface area (TPSA) is 96.4 Å². The van der Waals surface area contributed by atoms with Crippen molar-refractivity contribution in [1.29, 1.82) is 0 Å². The standard InChI is InChI=1S/C23H34N2O6/c1-7-11-24(22(4,5)6)20(28)18-23-10-9-15(31-23)16(21(29)30-12-8-2)17(23)19(27)25(18)14(3)13-26/h7-8,14-18,26H,1-2,9-13H2,3-6H3/t14-,15-,16+,17+,18?,23?/m1/s1. The van der Waals surface area contributed by atoms with E-state index >= 15 is 0 Å². The third kappa shape index (κ3) is 3.59. The summed E-state index contributed by atoms with van der Waals surface area (Å²) in [5.74, 6) is -2.68. The van der Waals surface area contributed by atoms with Crippen LogP contribution in [0.5, 0.6) is 0 Å². The van der Waals surface area contributed by atoms with E-state index in [4.69, 9.17) is 9.47 Å². The summed E-state index contributed by atoms with van der Waals surface area (Å²) in [6.07, 6.45) is 3.73. The van der Waals surface area contributed by atoms with Gasteiger partial charge >= 0.3 is 5.97 Å². The van der Waals surface area contributed by atoms with Gasteiger partial charge in [0.25, 0.3) is 0 Å². The maximum Gasteiger partial charge on any atom is 0.312 e. The predicted molar refractivity (Wildman–Crippen MR) is 114 cm³/mol. The quantitative estimate of drug-likeness (QED) is 0.457. The maximum atomic E-state index is 13.9. The van der Waals surface area contributed by atoms with Gasteiger partial charge in [0.15, 0.2) is 0 Å². The molecule has 8 nitrogen and oxygen atoms in total. The van der Waals surface area contributed by atoms with E-state index in [1.165, 1.54) is 11.0 Å². The Labute approximate surface area is 183 Å². The summed E-state index contributed by atoms with van der Waals surface area (Å²) >= 11 is 0. The molecule has 3 heterocycles. The number of hydrogen-bond acceptors (Lipinski definition) is 6. The minimum atomic E-state index is -1.11. The molecule has 2 unspecified atom stereocenters. The first-order valence-corrected chi connectivity index (χ1v) is 10.9. The van der Waals surface area contributed by atoms with Crippen molar-refractivity contribution in [2.24, 2.45) is 11.8 Å². The fraction of sp³-hybridized carbons (Fsp3) is 0.696. The summed E-state index contributed by atoms with van der Waals surface area (Å²) in [5, 5.41) is 9.86. The number of aliphatic hydroxyl groups is 1.